The van der Waals surface area contributed by atoms with Crippen molar-refractivity contribution in [2.24, 2.45) is 44.8 Å². The van der Waals surface area contributed by atoms with Crippen molar-refractivity contribution in [1.82, 2.24) is 21.3 Å². The number of nitrogens with zero attached hydrogens (tertiary/aromatic N) is 2. The minimum atomic E-state index is -5.08. The fourth-order valence-corrected chi connectivity index (χ4v) is 5.67. The molecule has 0 aliphatic heterocycles. The smallest absolute Gasteiger partial charge is 0.475 e. The molecule has 0 aliphatic carbocycles. The van der Waals surface area contributed by atoms with Crippen LogP contribution in [0.15, 0.2) is 9.98 Å². The van der Waals surface area contributed by atoms with E-state index < -0.39 is 71.5 Å². The van der Waals surface area contributed by atoms with Crippen LogP contribution in [0.1, 0.15) is 125 Å². The molecule has 0 aromatic rings. The number of aliphatic imine (C=N–C) groups is 2. The van der Waals surface area contributed by atoms with Crippen LogP contribution in [0.5, 0.6) is 0 Å². The number of hydrogen-bond acceptors (Lipinski definition) is 9. The molecule has 4 unspecified atom stereocenters. The van der Waals surface area contributed by atoms with Gasteiger partial charge in [-0.1, -0.05) is 73.1 Å². The predicted molar refractivity (Wildman–Crippen MR) is 223 cm³/mol. The summed E-state index contributed by atoms with van der Waals surface area (Å²) >= 11 is 5.62. The van der Waals surface area contributed by atoms with Crippen molar-refractivity contribution in [3.05, 3.63) is 0 Å². The molecule has 0 saturated heterocycles. The van der Waals surface area contributed by atoms with Crippen LogP contribution in [-0.4, -0.2) is 108 Å². The quantitative estimate of drug-likeness (QED) is 0.0165. The molecule has 0 aromatic carbocycles. The van der Waals surface area contributed by atoms with Gasteiger partial charge in [0.2, 0.25) is 35.2 Å². The summed E-state index contributed by atoms with van der Waals surface area (Å²) in [7, 11) is 0. The average Bonchev–Trinajstić information content (AvgIpc) is 3.14. The Morgan fingerprint density at radius 3 is 1.42 bits per heavy atom. The molecule has 0 aliphatic rings. The minimum Gasteiger partial charge on any atom is -0.475 e. The van der Waals surface area contributed by atoms with E-state index in [1.807, 2.05) is 27.7 Å². The molecule has 22 heteroatoms. The lowest BCUT2D eigenvalue weighted by Gasteiger charge is -2.27. The van der Waals surface area contributed by atoms with E-state index in [2.05, 4.69) is 38.2 Å². The summed E-state index contributed by atoms with van der Waals surface area (Å²) in [4.78, 5) is 95.8. The number of carboxylic acid groups (broad SMARTS) is 1. The molecule has 18 nitrogen and oxygen atoms in total. The standard InChI is InChI=1S/C36H67ClN10O6.C2HF3O2/c1-6-7-8-9-10-11-12-17-30(49)44-25(15-13-18-42-35(38)39)32(51)45-26(16-14-19-43-36(40)41)33(52)47-28(21-24(4)5)34(53)46-27(20-23(2)3)31(50)29(48)22-37;3-2(4,5)1(6)7/h23-28H,6-22H2,1-5H3,(H,44,49)(H,45,51)(H,46,53)(H,47,52)(H4,38,39,42)(H4,40,41,43);(H,6,7). The molecular formula is C38H68ClF3N10O8. The number of unbranched alkanes of at least 4 members (excludes halogenated alkanes) is 6. The highest BCUT2D eigenvalue weighted by Gasteiger charge is 2.38. The van der Waals surface area contributed by atoms with Crippen molar-refractivity contribution in [3.8, 4) is 0 Å². The van der Waals surface area contributed by atoms with Gasteiger partial charge in [-0.15, -0.1) is 11.6 Å². The van der Waals surface area contributed by atoms with E-state index in [0.717, 1.165) is 32.1 Å². The third-order valence-corrected chi connectivity index (χ3v) is 8.74. The maximum atomic E-state index is 13.8. The highest BCUT2D eigenvalue weighted by Crippen LogP contribution is 2.14. The first-order chi connectivity index (χ1) is 28.0. The van der Waals surface area contributed by atoms with E-state index in [4.69, 9.17) is 44.4 Å². The second-order valence-corrected chi connectivity index (χ2v) is 15.3. The fraction of sp³-hybridized carbons (Fsp3) is 0.763. The van der Waals surface area contributed by atoms with Gasteiger partial charge in [0.05, 0.1) is 11.9 Å². The van der Waals surface area contributed by atoms with Gasteiger partial charge < -0.3 is 49.3 Å². The Balaban J connectivity index is 0. The number of hydrogen-bond donors (Lipinski definition) is 9. The summed E-state index contributed by atoms with van der Waals surface area (Å²) in [6.45, 7) is 9.95. The summed E-state index contributed by atoms with van der Waals surface area (Å²) in [6.07, 6.45) is 3.73. The molecule has 4 amide bonds. The third-order valence-electron chi connectivity index (χ3n) is 8.50. The first kappa shape index (κ1) is 57.4. The van der Waals surface area contributed by atoms with Crippen LogP contribution >= 0.6 is 11.6 Å². The Hall–Kier alpha value is -4.69. The van der Waals surface area contributed by atoms with Crippen molar-refractivity contribution in [2.45, 2.75) is 155 Å². The van der Waals surface area contributed by atoms with E-state index in [1.54, 1.807) is 0 Å². The molecule has 0 heterocycles. The van der Waals surface area contributed by atoms with Gasteiger partial charge in [0, 0.05) is 19.5 Å². The zero-order valence-corrected chi connectivity index (χ0v) is 36.3. The lowest BCUT2D eigenvalue weighted by atomic mass is 9.96. The van der Waals surface area contributed by atoms with E-state index in [9.17, 15) is 41.9 Å². The molecule has 0 saturated carbocycles. The van der Waals surface area contributed by atoms with Gasteiger partial charge in [-0.2, -0.15) is 13.2 Å². The van der Waals surface area contributed by atoms with Crippen LogP contribution in [0.2, 0.25) is 0 Å². The van der Waals surface area contributed by atoms with Gasteiger partial charge in [-0.25, -0.2) is 4.79 Å². The molecular weight excluding hydrogens is 817 g/mol. The summed E-state index contributed by atoms with van der Waals surface area (Å²) < 4.78 is 31.7. The molecule has 0 fully saturated rings. The Kier molecular flexibility index (Phi) is 30.7. The molecule has 0 aromatic heterocycles. The maximum Gasteiger partial charge on any atom is 0.490 e. The Labute approximate surface area is 355 Å². The molecule has 346 valence electrons. The minimum absolute atomic E-state index is 0.0428. The number of alkyl halides is 4. The van der Waals surface area contributed by atoms with Gasteiger partial charge in [0.1, 0.15) is 18.1 Å². The number of rotatable bonds is 30. The SMILES string of the molecule is CCCCCCCCCC(=O)NC(CCCN=C(N)N)C(=O)NC(CCCN=C(N)N)C(=O)NC(CC(C)C)C(=O)NC(CC(C)C)C(=O)C(=O)CCl.O=C(O)C(F)(F)F. The molecule has 4 atom stereocenters. The Morgan fingerprint density at radius 2 is 1.00 bits per heavy atom. The monoisotopic (exact) mass is 884 g/mol. The van der Waals surface area contributed by atoms with Gasteiger partial charge in [0.25, 0.3) is 0 Å². The number of nitrogens with one attached hydrogen (secondary N) is 4. The normalized spacial score (nSPS) is 13.1. The largest absolute Gasteiger partial charge is 0.490 e. The summed E-state index contributed by atoms with van der Waals surface area (Å²) in [6, 6.07) is -4.37. The first-order valence-electron chi connectivity index (χ1n) is 20.2. The predicted octanol–water partition coefficient (Wildman–Crippen LogP) is 2.28. The van der Waals surface area contributed by atoms with Crippen LogP contribution in [0, 0.1) is 11.8 Å². The highest BCUT2D eigenvalue weighted by molar-refractivity contribution is 6.48. The molecule has 0 bridgehead atoms. The summed E-state index contributed by atoms with van der Waals surface area (Å²) in [5, 5.41) is 18.1. The number of carbonyl (C=O) groups excluding carboxylic acids is 6. The topological polar surface area (TPSA) is 317 Å². The number of nitrogens with two attached hydrogens (primary N) is 4. The van der Waals surface area contributed by atoms with Crippen molar-refractivity contribution in [3.63, 3.8) is 0 Å². The number of carboxylic acids is 1. The zero-order valence-electron chi connectivity index (χ0n) is 35.5. The average molecular weight is 885 g/mol. The van der Waals surface area contributed by atoms with Gasteiger partial charge >= 0.3 is 12.1 Å². The number of carbonyl (C=O) groups is 7. The van der Waals surface area contributed by atoms with Crippen molar-refractivity contribution < 1.29 is 51.8 Å². The maximum absolute atomic E-state index is 13.8. The number of Topliss-reactive ketones (excluding diaryl/α,β-unsaturated/α-hetero) is 2. The van der Waals surface area contributed by atoms with Crippen LogP contribution in [0.25, 0.3) is 0 Å². The Bertz CT molecular complexity index is 1410. The van der Waals surface area contributed by atoms with Gasteiger partial charge in [-0.05, 0) is 56.8 Å². The number of aliphatic carboxylic acids is 1. The second kappa shape index (κ2) is 32.1. The van der Waals surface area contributed by atoms with Crippen LogP contribution in [0.4, 0.5) is 13.2 Å². The highest BCUT2D eigenvalue weighted by atomic mass is 35.5. The van der Waals surface area contributed by atoms with Gasteiger partial charge in [-0.3, -0.25) is 38.8 Å². The summed E-state index contributed by atoms with van der Waals surface area (Å²) in [5.41, 5.74) is 21.8. The fourth-order valence-electron chi connectivity index (χ4n) is 5.54. The lowest BCUT2D eigenvalue weighted by Crippen LogP contribution is -2.58. The van der Waals surface area contributed by atoms with E-state index in [0.29, 0.717) is 19.3 Å². The van der Waals surface area contributed by atoms with E-state index in [1.165, 1.54) is 6.42 Å². The molecule has 0 spiro atoms. The van der Waals surface area contributed by atoms with Crippen molar-refractivity contribution in [1.29, 1.82) is 0 Å². The molecule has 0 rings (SSSR count). The number of halogens is 4. The second-order valence-electron chi connectivity index (χ2n) is 15.1. The van der Waals surface area contributed by atoms with Crippen LogP contribution in [-0.2, 0) is 33.6 Å². The van der Waals surface area contributed by atoms with E-state index in [-0.39, 0.29) is 74.9 Å². The van der Waals surface area contributed by atoms with E-state index >= 15 is 0 Å². The molecule has 60 heavy (non-hydrogen) atoms. The van der Waals surface area contributed by atoms with Crippen LogP contribution in [0.3, 0.4) is 0 Å². The first-order valence-corrected chi connectivity index (χ1v) is 20.7. The summed E-state index contributed by atoms with van der Waals surface area (Å²) in [5.74, 6) is -7.48. The van der Waals surface area contributed by atoms with Crippen molar-refractivity contribution in [2.75, 3.05) is 19.0 Å². The third kappa shape index (κ3) is 29.5. The lowest BCUT2D eigenvalue weighted by molar-refractivity contribution is -0.192. The van der Waals surface area contributed by atoms with Crippen LogP contribution < -0.4 is 44.2 Å². The number of ketones is 2. The molecule has 13 N–H and O–H groups in total. The van der Waals surface area contributed by atoms with Crippen molar-refractivity contribution >= 4 is 64.7 Å². The zero-order chi connectivity index (χ0) is 46.4. The van der Waals surface area contributed by atoms with Gasteiger partial charge in [0.15, 0.2) is 11.9 Å². The number of amides is 4. The molecule has 0 radical (unpaired) electrons. The number of guanidine groups is 2. The Morgan fingerprint density at radius 1 is 0.617 bits per heavy atom.